The molecule has 0 bridgehead atoms. The standard InChI is InChI=1S/C25H20N2O5S.Na/c1-31-18-10-7-15(8-11-18)24(28)19(13-16-5-3-4-6-22(16)32-2)23(25(29)30)17-9-12-20-21(14-17)27-33-26-20;/h3-12,14H,13H2,1-2H3,(H,29,30);/q;+1/p-1/b23-19+;. The molecule has 4 rings (SSSR count). The molecule has 0 unspecified atom stereocenters. The molecule has 166 valence electrons. The first-order valence-corrected chi connectivity index (χ1v) is 10.7. The van der Waals surface area contributed by atoms with E-state index in [2.05, 4.69) is 8.75 Å². The number of fused-ring (bicyclic) bond motifs is 1. The number of carbonyl (C=O) groups excluding carboxylic acids is 2. The van der Waals surface area contributed by atoms with Gasteiger partial charge in [-0.2, -0.15) is 8.75 Å². The summed E-state index contributed by atoms with van der Waals surface area (Å²) < 4.78 is 18.9. The fourth-order valence-electron chi connectivity index (χ4n) is 3.59. The molecule has 0 aliphatic heterocycles. The third kappa shape index (κ3) is 5.37. The van der Waals surface area contributed by atoms with Crippen LogP contribution in [0.25, 0.3) is 16.6 Å². The molecule has 0 fully saturated rings. The van der Waals surface area contributed by atoms with Gasteiger partial charge in [-0.05, 0) is 53.6 Å². The molecule has 34 heavy (non-hydrogen) atoms. The van der Waals surface area contributed by atoms with Gasteiger partial charge in [-0.25, -0.2) is 0 Å². The quantitative estimate of drug-likeness (QED) is 0.203. The molecule has 0 radical (unpaired) electrons. The normalized spacial score (nSPS) is 11.4. The first kappa shape index (κ1) is 25.6. The number of nitrogens with zero attached hydrogens (tertiary/aromatic N) is 2. The SMILES string of the molecule is COc1ccc(C(=O)/C(Cc2ccccc2OC)=C(/C(=O)[O-])c2ccc3nsnc3c2)cc1.[Na+]. The number of hydrogen-bond acceptors (Lipinski definition) is 8. The minimum atomic E-state index is -1.45. The van der Waals surface area contributed by atoms with Crippen molar-refractivity contribution in [2.45, 2.75) is 6.42 Å². The van der Waals surface area contributed by atoms with E-state index in [1.807, 2.05) is 0 Å². The molecule has 0 N–H and O–H groups in total. The number of para-hydroxylation sites is 1. The van der Waals surface area contributed by atoms with Crippen LogP contribution in [-0.2, 0) is 11.2 Å². The Morgan fingerprint density at radius 1 is 0.882 bits per heavy atom. The molecule has 0 spiro atoms. The largest absolute Gasteiger partial charge is 1.00 e. The van der Waals surface area contributed by atoms with Crippen LogP contribution in [0.3, 0.4) is 0 Å². The predicted molar refractivity (Wildman–Crippen MR) is 123 cm³/mol. The number of methoxy groups -OCH3 is 2. The Bertz CT molecular complexity index is 1370. The second-order valence-electron chi connectivity index (χ2n) is 7.15. The first-order chi connectivity index (χ1) is 16.0. The number of carboxylic acids is 1. The van der Waals surface area contributed by atoms with Crippen molar-refractivity contribution >= 4 is 40.1 Å². The zero-order valence-electron chi connectivity index (χ0n) is 18.9. The number of aromatic nitrogens is 2. The number of ether oxygens (including phenoxy) is 2. The average molecular weight is 482 g/mol. The van der Waals surface area contributed by atoms with Crippen LogP contribution in [0, 0.1) is 0 Å². The Balaban J connectivity index is 0.00000324. The molecule has 9 heteroatoms. The molecule has 0 aliphatic rings. The van der Waals surface area contributed by atoms with Crippen LogP contribution in [0.1, 0.15) is 21.5 Å². The van der Waals surface area contributed by atoms with Gasteiger partial charge in [0.1, 0.15) is 22.5 Å². The van der Waals surface area contributed by atoms with E-state index >= 15 is 0 Å². The summed E-state index contributed by atoms with van der Waals surface area (Å²) in [5.74, 6) is -0.749. The number of allylic oxidation sites excluding steroid dienone is 1. The van der Waals surface area contributed by atoms with Crippen molar-refractivity contribution in [3.63, 3.8) is 0 Å². The van der Waals surface area contributed by atoms with Gasteiger partial charge in [0.25, 0.3) is 0 Å². The molecular formula is C25H19N2NaO5S. The molecule has 1 heterocycles. The summed E-state index contributed by atoms with van der Waals surface area (Å²) in [7, 11) is 3.05. The van der Waals surface area contributed by atoms with E-state index in [0.717, 1.165) is 11.7 Å². The molecule has 0 aliphatic carbocycles. The Hall–Kier alpha value is -3.04. The number of carboxylic acid groups (broad SMARTS) is 1. The van der Waals surface area contributed by atoms with E-state index in [4.69, 9.17) is 9.47 Å². The van der Waals surface area contributed by atoms with Gasteiger partial charge >= 0.3 is 29.6 Å². The molecule has 1 aromatic heterocycles. The van der Waals surface area contributed by atoms with E-state index in [9.17, 15) is 14.7 Å². The predicted octanol–water partition coefficient (Wildman–Crippen LogP) is 0.342. The van der Waals surface area contributed by atoms with Crippen molar-refractivity contribution < 1.29 is 53.7 Å². The Kier molecular flexibility index (Phi) is 8.57. The topological polar surface area (TPSA) is 101 Å². The summed E-state index contributed by atoms with van der Waals surface area (Å²) in [6.07, 6.45) is 0.0333. The number of Topliss-reactive ketones (excluding diaryl/α,β-unsaturated/α-hetero) is 1. The molecule has 3 aromatic carbocycles. The molecule has 0 saturated carbocycles. The smallest absolute Gasteiger partial charge is 0.545 e. The van der Waals surface area contributed by atoms with Gasteiger partial charge in [0, 0.05) is 23.1 Å². The maximum Gasteiger partial charge on any atom is 1.00 e. The van der Waals surface area contributed by atoms with Gasteiger partial charge in [0.15, 0.2) is 5.78 Å². The van der Waals surface area contributed by atoms with Crippen LogP contribution in [-0.4, -0.2) is 34.7 Å². The fraction of sp³-hybridized carbons (Fsp3) is 0.120. The third-order valence-electron chi connectivity index (χ3n) is 5.23. The number of hydrogen-bond donors (Lipinski definition) is 0. The van der Waals surface area contributed by atoms with Gasteiger partial charge in [-0.3, -0.25) is 4.79 Å². The van der Waals surface area contributed by atoms with Crippen LogP contribution in [0.4, 0.5) is 0 Å². The minimum absolute atomic E-state index is 0. The number of ketones is 1. The van der Waals surface area contributed by atoms with Crippen molar-refractivity contribution in [3.05, 3.63) is 89.0 Å². The molecule has 0 atom stereocenters. The molecule has 7 nitrogen and oxygen atoms in total. The van der Waals surface area contributed by atoms with Gasteiger partial charge in [-0.1, -0.05) is 24.3 Å². The Morgan fingerprint density at radius 3 is 2.24 bits per heavy atom. The second-order valence-corrected chi connectivity index (χ2v) is 7.68. The van der Waals surface area contributed by atoms with Gasteiger partial charge in [-0.15, -0.1) is 0 Å². The van der Waals surface area contributed by atoms with Crippen molar-refractivity contribution in [1.82, 2.24) is 8.75 Å². The van der Waals surface area contributed by atoms with E-state index < -0.39 is 11.8 Å². The van der Waals surface area contributed by atoms with E-state index in [1.165, 1.54) is 14.2 Å². The van der Waals surface area contributed by atoms with Crippen LogP contribution >= 0.6 is 11.7 Å². The minimum Gasteiger partial charge on any atom is -0.545 e. The first-order valence-electron chi connectivity index (χ1n) is 9.99. The molecule has 0 amide bonds. The monoisotopic (exact) mass is 482 g/mol. The van der Waals surface area contributed by atoms with Crippen LogP contribution in [0.2, 0.25) is 0 Å². The molecule has 4 aromatic rings. The molecular weight excluding hydrogens is 463 g/mol. The summed E-state index contributed by atoms with van der Waals surface area (Å²) in [6.45, 7) is 0. The number of carbonyl (C=O) groups is 2. The van der Waals surface area contributed by atoms with E-state index in [0.29, 0.717) is 39.2 Å². The zero-order valence-corrected chi connectivity index (χ0v) is 21.7. The van der Waals surface area contributed by atoms with Crippen LogP contribution in [0.5, 0.6) is 11.5 Å². The summed E-state index contributed by atoms with van der Waals surface area (Å²) in [4.78, 5) is 26.0. The maximum absolute atomic E-state index is 13.6. The average Bonchev–Trinajstić information content (AvgIpc) is 3.31. The summed E-state index contributed by atoms with van der Waals surface area (Å²) in [5, 5.41) is 12.4. The van der Waals surface area contributed by atoms with Crippen molar-refractivity contribution in [2.24, 2.45) is 0 Å². The number of benzene rings is 3. The van der Waals surface area contributed by atoms with E-state index in [-0.39, 0.29) is 47.1 Å². The van der Waals surface area contributed by atoms with Gasteiger partial charge in [0.2, 0.25) is 0 Å². The Labute approximate surface area is 222 Å². The van der Waals surface area contributed by atoms with Gasteiger partial charge < -0.3 is 19.4 Å². The van der Waals surface area contributed by atoms with Crippen molar-refractivity contribution in [3.8, 4) is 11.5 Å². The second kappa shape index (κ2) is 11.4. The summed E-state index contributed by atoms with van der Waals surface area (Å²) in [5.41, 5.74) is 2.40. The third-order valence-corrected chi connectivity index (χ3v) is 5.79. The fourth-order valence-corrected chi connectivity index (χ4v) is 4.11. The van der Waals surface area contributed by atoms with Crippen molar-refractivity contribution in [1.29, 1.82) is 0 Å². The van der Waals surface area contributed by atoms with E-state index in [1.54, 1.807) is 66.7 Å². The van der Waals surface area contributed by atoms with Crippen molar-refractivity contribution in [2.75, 3.05) is 14.2 Å². The number of rotatable bonds is 8. The summed E-state index contributed by atoms with van der Waals surface area (Å²) >= 11 is 1.03. The van der Waals surface area contributed by atoms with Crippen LogP contribution < -0.4 is 44.1 Å². The van der Waals surface area contributed by atoms with Crippen LogP contribution in [0.15, 0.2) is 72.3 Å². The Morgan fingerprint density at radius 2 is 1.56 bits per heavy atom. The number of aliphatic carboxylic acids is 1. The zero-order chi connectivity index (χ0) is 23.4. The van der Waals surface area contributed by atoms with Gasteiger partial charge in [0.05, 0.1) is 31.9 Å². The molecule has 0 saturated heterocycles. The maximum atomic E-state index is 13.6. The summed E-state index contributed by atoms with van der Waals surface area (Å²) in [6, 6.07) is 18.6.